The molecule has 84 valence electrons. The summed E-state index contributed by atoms with van der Waals surface area (Å²) in [5.41, 5.74) is 6.20. The molecule has 2 rings (SSSR count). The third kappa shape index (κ3) is 2.76. The first-order valence-electron chi connectivity index (χ1n) is 4.84. The molecule has 4 nitrogen and oxygen atoms in total. The monoisotopic (exact) mass is 282 g/mol. The lowest BCUT2D eigenvalue weighted by molar-refractivity contribution is 0.314. The number of para-hydroxylation sites is 1. The van der Waals surface area contributed by atoms with E-state index in [-0.39, 0.29) is 0 Å². The van der Waals surface area contributed by atoms with Crippen LogP contribution in [-0.4, -0.2) is 11.8 Å². The number of aromatic nitrogens is 1. The van der Waals surface area contributed by atoms with Crippen LogP contribution in [0.5, 0.6) is 5.75 Å². The van der Waals surface area contributed by atoms with E-state index in [4.69, 9.17) is 15.0 Å². The fourth-order valence-electron chi connectivity index (χ4n) is 1.27. The highest BCUT2D eigenvalue weighted by molar-refractivity contribution is 9.10. The van der Waals surface area contributed by atoms with Gasteiger partial charge in [0, 0.05) is 12.5 Å². The zero-order valence-corrected chi connectivity index (χ0v) is 10.1. The lowest BCUT2D eigenvalue weighted by Gasteiger charge is -2.06. The van der Waals surface area contributed by atoms with Crippen LogP contribution in [0.15, 0.2) is 39.3 Å². The van der Waals surface area contributed by atoms with Crippen molar-refractivity contribution in [3.8, 4) is 5.75 Å². The van der Waals surface area contributed by atoms with Crippen molar-refractivity contribution >= 4 is 21.8 Å². The van der Waals surface area contributed by atoms with Gasteiger partial charge in [0.15, 0.2) is 0 Å². The van der Waals surface area contributed by atoms with Gasteiger partial charge in [0.1, 0.15) is 5.75 Å². The second-order valence-electron chi connectivity index (χ2n) is 3.25. The second kappa shape index (κ2) is 5.03. The van der Waals surface area contributed by atoms with Crippen molar-refractivity contribution < 1.29 is 9.26 Å². The molecule has 0 spiro atoms. The van der Waals surface area contributed by atoms with Crippen LogP contribution in [0.4, 0.5) is 5.88 Å². The molecule has 0 bridgehead atoms. The van der Waals surface area contributed by atoms with Crippen LogP contribution in [0.3, 0.4) is 0 Å². The summed E-state index contributed by atoms with van der Waals surface area (Å²) in [5, 5.41) is 3.78. The summed E-state index contributed by atoms with van der Waals surface area (Å²) < 4.78 is 11.3. The van der Waals surface area contributed by atoms with E-state index in [1.165, 1.54) is 0 Å². The third-order valence-corrected chi connectivity index (χ3v) is 2.68. The van der Waals surface area contributed by atoms with Gasteiger partial charge in [-0.3, -0.25) is 0 Å². The smallest absolute Gasteiger partial charge is 0.222 e. The average Bonchev–Trinajstić information content (AvgIpc) is 2.67. The topological polar surface area (TPSA) is 61.3 Å². The minimum absolute atomic E-state index is 0.330. The van der Waals surface area contributed by atoms with Crippen LogP contribution < -0.4 is 10.5 Å². The summed E-state index contributed by atoms with van der Waals surface area (Å²) in [6, 6.07) is 9.40. The van der Waals surface area contributed by atoms with Crippen molar-refractivity contribution in [3.05, 3.63) is 40.5 Å². The quantitative estimate of drug-likeness (QED) is 0.937. The molecule has 1 aromatic heterocycles. The van der Waals surface area contributed by atoms with Gasteiger partial charge < -0.3 is 15.0 Å². The van der Waals surface area contributed by atoms with Gasteiger partial charge in [-0.25, -0.2) is 0 Å². The molecule has 16 heavy (non-hydrogen) atoms. The van der Waals surface area contributed by atoms with E-state index in [2.05, 4.69) is 21.1 Å². The van der Waals surface area contributed by atoms with Gasteiger partial charge >= 0.3 is 0 Å². The first-order chi connectivity index (χ1) is 7.75. The number of ether oxygens (including phenoxy) is 1. The largest absolute Gasteiger partial charge is 0.492 e. The van der Waals surface area contributed by atoms with Crippen LogP contribution in [0.1, 0.15) is 5.69 Å². The highest BCUT2D eigenvalue weighted by atomic mass is 79.9. The summed E-state index contributed by atoms with van der Waals surface area (Å²) in [5.74, 6) is 1.15. The molecule has 0 radical (unpaired) electrons. The average molecular weight is 283 g/mol. The van der Waals surface area contributed by atoms with E-state index in [9.17, 15) is 0 Å². The number of anilines is 1. The molecule has 2 aromatic rings. The zero-order chi connectivity index (χ0) is 11.4. The van der Waals surface area contributed by atoms with Gasteiger partial charge in [-0.15, -0.1) is 0 Å². The number of benzene rings is 1. The summed E-state index contributed by atoms with van der Waals surface area (Å²) in [7, 11) is 0. The van der Waals surface area contributed by atoms with Crippen molar-refractivity contribution in [1.82, 2.24) is 5.16 Å². The Kier molecular flexibility index (Phi) is 3.46. The van der Waals surface area contributed by atoms with E-state index in [0.717, 1.165) is 15.9 Å². The molecule has 5 heteroatoms. The predicted octanol–water partition coefficient (Wildman–Crippen LogP) is 2.64. The normalized spacial score (nSPS) is 10.3. The predicted molar refractivity (Wildman–Crippen MR) is 64.3 cm³/mol. The molecule has 0 saturated heterocycles. The minimum atomic E-state index is 0.330. The first-order valence-corrected chi connectivity index (χ1v) is 5.63. The van der Waals surface area contributed by atoms with Crippen molar-refractivity contribution in [3.63, 3.8) is 0 Å². The van der Waals surface area contributed by atoms with Gasteiger partial charge in [-0.2, -0.15) is 0 Å². The first kappa shape index (κ1) is 11.0. The van der Waals surface area contributed by atoms with Gasteiger partial charge in [-0.1, -0.05) is 17.3 Å². The number of nitrogens with zero attached hydrogens (tertiary/aromatic N) is 1. The van der Waals surface area contributed by atoms with Crippen LogP contribution in [0.2, 0.25) is 0 Å². The third-order valence-electron chi connectivity index (χ3n) is 2.03. The molecule has 0 atom stereocenters. The molecule has 0 fully saturated rings. The highest BCUT2D eigenvalue weighted by Crippen LogP contribution is 2.23. The van der Waals surface area contributed by atoms with Crippen LogP contribution in [0, 0.1) is 0 Å². The molecule has 0 aliphatic carbocycles. The van der Waals surface area contributed by atoms with Crippen LogP contribution >= 0.6 is 15.9 Å². The molecule has 1 aromatic carbocycles. The van der Waals surface area contributed by atoms with Gasteiger partial charge in [0.2, 0.25) is 5.88 Å². The Balaban J connectivity index is 1.87. The van der Waals surface area contributed by atoms with Gasteiger partial charge in [-0.05, 0) is 28.1 Å². The van der Waals surface area contributed by atoms with E-state index in [1.807, 2.05) is 24.3 Å². The maximum atomic E-state index is 5.58. The number of rotatable bonds is 4. The van der Waals surface area contributed by atoms with Crippen LogP contribution in [-0.2, 0) is 6.42 Å². The molecule has 1 heterocycles. The Hall–Kier alpha value is -1.49. The summed E-state index contributed by atoms with van der Waals surface area (Å²) in [4.78, 5) is 0. The SMILES string of the molecule is Nc1cc(CCOc2ccccc2Br)no1. The van der Waals surface area contributed by atoms with Crippen molar-refractivity contribution in [2.75, 3.05) is 12.3 Å². The lowest BCUT2D eigenvalue weighted by Crippen LogP contribution is -2.01. The summed E-state index contributed by atoms with van der Waals surface area (Å²) >= 11 is 3.41. The molecule has 0 aliphatic heterocycles. The number of hydrogen-bond acceptors (Lipinski definition) is 4. The van der Waals surface area contributed by atoms with E-state index < -0.39 is 0 Å². The molecule has 0 amide bonds. The summed E-state index contributed by atoms with van der Waals surface area (Å²) in [6.07, 6.45) is 0.669. The number of hydrogen-bond donors (Lipinski definition) is 1. The molecule has 2 N–H and O–H groups in total. The number of nitrogens with two attached hydrogens (primary N) is 1. The molecular formula is C11H11BrN2O2. The van der Waals surface area contributed by atoms with Crippen molar-refractivity contribution in [2.24, 2.45) is 0 Å². The van der Waals surface area contributed by atoms with E-state index in [1.54, 1.807) is 6.07 Å². The maximum Gasteiger partial charge on any atom is 0.222 e. The number of halogens is 1. The fraction of sp³-hybridized carbons (Fsp3) is 0.182. The second-order valence-corrected chi connectivity index (χ2v) is 4.10. The molecule has 0 aliphatic rings. The van der Waals surface area contributed by atoms with E-state index >= 15 is 0 Å². The Morgan fingerprint density at radius 3 is 2.88 bits per heavy atom. The standard InChI is InChI=1S/C11H11BrN2O2/c12-9-3-1-2-4-10(9)15-6-5-8-7-11(13)16-14-8/h1-4,7H,5-6,13H2. The zero-order valence-electron chi connectivity index (χ0n) is 8.52. The van der Waals surface area contributed by atoms with E-state index in [0.29, 0.717) is 18.9 Å². The van der Waals surface area contributed by atoms with Gasteiger partial charge in [0.25, 0.3) is 0 Å². The Labute approximate surface area is 102 Å². The molecule has 0 unspecified atom stereocenters. The van der Waals surface area contributed by atoms with Crippen molar-refractivity contribution in [2.45, 2.75) is 6.42 Å². The summed E-state index contributed by atoms with van der Waals surface area (Å²) in [6.45, 7) is 0.536. The van der Waals surface area contributed by atoms with Crippen molar-refractivity contribution in [1.29, 1.82) is 0 Å². The van der Waals surface area contributed by atoms with Gasteiger partial charge in [0.05, 0.1) is 16.8 Å². The van der Waals surface area contributed by atoms with Crippen LogP contribution in [0.25, 0.3) is 0 Å². The minimum Gasteiger partial charge on any atom is -0.492 e. The highest BCUT2D eigenvalue weighted by Gasteiger charge is 2.02. The number of nitrogen functional groups attached to an aromatic ring is 1. The molecule has 0 saturated carbocycles. The Morgan fingerprint density at radius 1 is 1.38 bits per heavy atom. The maximum absolute atomic E-state index is 5.58. The molecular weight excluding hydrogens is 272 g/mol. The fourth-order valence-corrected chi connectivity index (χ4v) is 1.67. The lowest BCUT2D eigenvalue weighted by atomic mass is 10.3. The Bertz CT molecular complexity index is 471. The Morgan fingerprint density at radius 2 is 2.19 bits per heavy atom.